The van der Waals surface area contributed by atoms with Crippen LogP contribution in [0.1, 0.15) is 72.1 Å². The van der Waals surface area contributed by atoms with E-state index in [0.29, 0.717) is 42.0 Å². The molecule has 0 spiro atoms. The Bertz CT molecular complexity index is 608. The van der Waals surface area contributed by atoms with Gasteiger partial charge in [0.2, 0.25) is 0 Å². The Balaban J connectivity index is 1.66. The van der Waals surface area contributed by atoms with Gasteiger partial charge in [-0.25, -0.2) is 0 Å². The molecule has 0 amide bonds. The molecule has 0 bridgehead atoms. The van der Waals surface area contributed by atoms with E-state index in [4.69, 9.17) is 0 Å². The van der Waals surface area contributed by atoms with Crippen LogP contribution in [0.15, 0.2) is 0 Å². The molecule has 0 N–H and O–H groups in total. The Labute approximate surface area is 144 Å². The maximum atomic E-state index is 13.1. The Morgan fingerprint density at radius 2 is 1.79 bits per heavy atom. The quantitative estimate of drug-likeness (QED) is 0.730. The molecule has 4 aliphatic carbocycles. The predicted octanol–water partition coefficient (Wildman–Crippen LogP) is 3.98. The van der Waals surface area contributed by atoms with Gasteiger partial charge in [-0.3, -0.25) is 14.4 Å². The molecule has 132 valence electrons. The Morgan fingerprint density at radius 1 is 1.04 bits per heavy atom. The summed E-state index contributed by atoms with van der Waals surface area (Å²) in [5.41, 5.74) is -0.0475. The third kappa shape index (κ3) is 2.05. The molecule has 0 radical (unpaired) electrons. The molecule has 0 heterocycles. The fourth-order valence-electron chi connectivity index (χ4n) is 7.07. The number of hydrogen-bond acceptors (Lipinski definition) is 3. The summed E-state index contributed by atoms with van der Waals surface area (Å²) >= 11 is 0. The van der Waals surface area contributed by atoms with Crippen molar-refractivity contribution >= 4 is 17.3 Å². The van der Waals surface area contributed by atoms with Crippen LogP contribution in [0.2, 0.25) is 0 Å². The second-order valence-electron chi connectivity index (χ2n) is 9.61. The van der Waals surface area contributed by atoms with Crippen molar-refractivity contribution in [3.05, 3.63) is 0 Å². The van der Waals surface area contributed by atoms with Crippen LogP contribution >= 0.6 is 0 Å². The zero-order valence-electron chi connectivity index (χ0n) is 15.3. The van der Waals surface area contributed by atoms with E-state index in [9.17, 15) is 14.4 Å². The first kappa shape index (κ1) is 16.5. The highest BCUT2D eigenvalue weighted by molar-refractivity contribution is 5.90. The van der Waals surface area contributed by atoms with Gasteiger partial charge in [0.15, 0.2) is 0 Å². The Morgan fingerprint density at radius 3 is 2.50 bits per heavy atom. The summed E-state index contributed by atoms with van der Waals surface area (Å²) in [5.74, 6) is 2.43. The molecule has 4 saturated carbocycles. The molecule has 4 fully saturated rings. The summed E-state index contributed by atoms with van der Waals surface area (Å²) in [4.78, 5) is 37.4. The number of carbonyl (C=O) groups is 3. The van der Waals surface area contributed by atoms with Crippen molar-refractivity contribution < 1.29 is 14.4 Å². The van der Waals surface area contributed by atoms with Crippen LogP contribution in [0.25, 0.3) is 0 Å². The number of ketones is 3. The average Bonchev–Trinajstić information content (AvgIpc) is 2.83. The fourth-order valence-corrected chi connectivity index (χ4v) is 7.07. The minimum absolute atomic E-state index is 0.102. The molecule has 7 atom stereocenters. The van der Waals surface area contributed by atoms with Crippen molar-refractivity contribution in [1.29, 1.82) is 0 Å². The normalized spacial score (nSPS) is 50.9. The summed E-state index contributed by atoms with van der Waals surface area (Å²) in [6, 6.07) is 0. The molecule has 0 saturated heterocycles. The molecular formula is C21H30O3. The van der Waals surface area contributed by atoms with Crippen LogP contribution in [0.3, 0.4) is 0 Å². The summed E-state index contributed by atoms with van der Waals surface area (Å²) in [6.45, 7) is 6.21. The third-order valence-electron chi connectivity index (χ3n) is 8.75. The van der Waals surface area contributed by atoms with Crippen LogP contribution in [0.5, 0.6) is 0 Å². The second kappa shape index (κ2) is 5.25. The van der Waals surface area contributed by atoms with Gasteiger partial charge in [0, 0.05) is 30.1 Å². The molecule has 4 aliphatic rings. The topological polar surface area (TPSA) is 51.2 Å². The molecule has 0 aromatic rings. The fraction of sp³-hybridized carbons (Fsp3) is 0.857. The van der Waals surface area contributed by atoms with E-state index >= 15 is 0 Å². The van der Waals surface area contributed by atoms with Crippen molar-refractivity contribution in [2.75, 3.05) is 0 Å². The van der Waals surface area contributed by atoms with E-state index in [0.717, 1.165) is 38.5 Å². The lowest BCUT2D eigenvalue weighted by atomic mass is 9.44. The molecule has 3 nitrogen and oxygen atoms in total. The number of fused-ring (bicyclic) bond motifs is 5. The van der Waals surface area contributed by atoms with Crippen LogP contribution in [0.4, 0.5) is 0 Å². The van der Waals surface area contributed by atoms with Gasteiger partial charge >= 0.3 is 0 Å². The molecule has 0 aliphatic heterocycles. The van der Waals surface area contributed by atoms with Crippen molar-refractivity contribution in [1.82, 2.24) is 0 Å². The number of rotatable bonds is 1. The summed E-state index contributed by atoms with van der Waals surface area (Å²) < 4.78 is 0. The van der Waals surface area contributed by atoms with E-state index in [1.165, 1.54) is 0 Å². The lowest BCUT2D eigenvalue weighted by Gasteiger charge is -2.59. The molecule has 0 aromatic carbocycles. The van der Waals surface area contributed by atoms with Gasteiger partial charge in [0.1, 0.15) is 17.3 Å². The molecule has 24 heavy (non-hydrogen) atoms. The standard InChI is InChI=1S/C21H30O3/c1-12(22)13-6-8-20(2)14(10-13)11-17(23)19-15-4-5-18(24)21(15,3)9-7-16(19)20/h13-16,19H,4-11H2,1-3H3/t13-,14-,15-,16-,19+,20+,21+/m1/s1. The molecule has 0 aromatic heterocycles. The lowest BCUT2D eigenvalue weighted by Crippen LogP contribution is -2.57. The largest absolute Gasteiger partial charge is 0.300 e. The zero-order valence-corrected chi connectivity index (χ0v) is 15.3. The van der Waals surface area contributed by atoms with E-state index in [1.807, 2.05) is 0 Å². The van der Waals surface area contributed by atoms with Crippen molar-refractivity contribution in [2.24, 2.45) is 40.4 Å². The van der Waals surface area contributed by atoms with Crippen molar-refractivity contribution in [3.63, 3.8) is 0 Å². The molecular weight excluding hydrogens is 300 g/mol. The SMILES string of the molecule is CC(=O)[C@@H]1CC[C@@]2(C)[C@@H](CC(=O)[C@@H]3[C@H]2CC[C@]2(C)C(=O)CC[C@H]32)C1. The van der Waals surface area contributed by atoms with Crippen LogP contribution in [-0.2, 0) is 14.4 Å². The smallest absolute Gasteiger partial charge is 0.139 e. The zero-order chi connectivity index (χ0) is 17.3. The summed E-state index contributed by atoms with van der Waals surface area (Å²) in [6.07, 6.45) is 7.18. The molecule has 4 rings (SSSR count). The van der Waals surface area contributed by atoms with Crippen LogP contribution < -0.4 is 0 Å². The first-order valence-electron chi connectivity index (χ1n) is 9.84. The van der Waals surface area contributed by atoms with Gasteiger partial charge < -0.3 is 0 Å². The predicted molar refractivity (Wildman–Crippen MR) is 91.3 cm³/mol. The highest BCUT2D eigenvalue weighted by Crippen LogP contribution is 2.64. The molecule has 3 heteroatoms. The first-order chi connectivity index (χ1) is 11.3. The monoisotopic (exact) mass is 330 g/mol. The number of hydrogen-bond donors (Lipinski definition) is 0. The van der Waals surface area contributed by atoms with Gasteiger partial charge in [-0.15, -0.1) is 0 Å². The van der Waals surface area contributed by atoms with Gasteiger partial charge in [-0.05, 0) is 68.6 Å². The average molecular weight is 330 g/mol. The van der Waals surface area contributed by atoms with E-state index in [1.54, 1.807) is 6.92 Å². The van der Waals surface area contributed by atoms with Crippen molar-refractivity contribution in [3.8, 4) is 0 Å². The maximum absolute atomic E-state index is 13.1. The van der Waals surface area contributed by atoms with Gasteiger partial charge in [-0.1, -0.05) is 13.8 Å². The Hall–Kier alpha value is -0.990. The van der Waals surface area contributed by atoms with Crippen LogP contribution in [-0.4, -0.2) is 17.3 Å². The van der Waals surface area contributed by atoms with Gasteiger partial charge in [0.25, 0.3) is 0 Å². The summed E-state index contributed by atoms with van der Waals surface area (Å²) in [5, 5.41) is 0. The Kier molecular flexibility index (Phi) is 3.61. The minimum atomic E-state index is -0.239. The second-order valence-corrected chi connectivity index (χ2v) is 9.61. The minimum Gasteiger partial charge on any atom is -0.300 e. The third-order valence-corrected chi connectivity index (χ3v) is 8.75. The van der Waals surface area contributed by atoms with E-state index in [-0.39, 0.29) is 28.6 Å². The van der Waals surface area contributed by atoms with Crippen molar-refractivity contribution in [2.45, 2.75) is 72.1 Å². The van der Waals surface area contributed by atoms with Gasteiger partial charge in [-0.2, -0.15) is 0 Å². The number of Topliss-reactive ketones (excluding diaryl/α,β-unsaturated/α-hetero) is 3. The highest BCUT2D eigenvalue weighted by Gasteiger charge is 2.62. The molecule has 0 unspecified atom stereocenters. The van der Waals surface area contributed by atoms with E-state index < -0.39 is 0 Å². The van der Waals surface area contributed by atoms with Crippen LogP contribution in [0, 0.1) is 40.4 Å². The first-order valence-corrected chi connectivity index (χ1v) is 9.84. The van der Waals surface area contributed by atoms with Gasteiger partial charge in [0.05, 0.1) is 0 Å². The van der Waals surface area contributed by atoms with E-state index in [2.05, 4.69) is 13.8 Å². The summed E-state index contributed by atoms with van der Waals surface area (Å²) in [7, 11) is 0. The lowest BCUT2D eigenvalue weighted by molar-refractivity contribution is -0.159. The number of carbonyl (C=O) groups excluding carboxylic acids is 3. The highest BCUT2D eigenvalue weighted by atomic mass is 16.1. The maximum Gasteiger partial charge on any atom is 0.139 e.